The molecule has 0 bridgehead atoms. The minimum atomic E-state index is -0.881. The van der Waals surface area contributed by atoms with Crippen LogP contribution in [0.1, 0.15) is 31.2 Å². The van der Waals surface area contributed by atoms with E-state index in [1.165, 1.54) is 24.3 Å². The van der Waals surface area contributed by atoms with Crippen molar-refractivity contribution in [1.82, 2.24) is 0 Å². The molecule has 0 saturated heterocycles. The fourth-order valence-electron chi connectivity index (χ4n) is 1.66. The van der Waals surface area contributed by atoms with Crippen LogP contribution in [0.5, 0.6) is 0 Å². The quantitative estimate of drug-likeness (QED) is 0.745. The van der Waals surface area contributed by atoms with Crippen LogP contribution in [-0.2, 0) is 9.53 Å². The molecule has 0 aliphatic heterocycles. The predicted molar refractivity (Wildman–Crippen MR) is 62.5 cm³/mol. The summed E-state index contributed by atoms with van der Waals surface area (Å²) in [4.78, 5) is 11.1. The standard InChI is InChI=1S/C13H17FO3/c1-2-17-9-3-4-12(13(15)16)10-5-7-11(14)8-6-10/h5-8,12H,2-4,9H2,1H3,(H,15,16). The maximum Gasteiger partial charge on any atom is 0.310 e. The second kappa shape index (κ2) is 7.01. The molecule has 1 unspecified atom stereocenters. The molecule has 0 saturated carbocycles. The van der Waals surface area contributed by atoms with Crippen molar-refractivity contribution in [2.24, 2.45) is 0 Å². The van der Waals surface area contributed by atoms with Gasteiger partial charge in [-0.1, -0.05) is 12.1 Å². The molecule has 0 radical (unpaired) electrons. The van der Waals surface area contributed by atoms with Crippen LogP contribution < -0.4 is 0 Å². The number of benzene rings is 1. The van der Waals surface area contributed by atoms with Gasteiger partial charge in [0.05, 0.1) is 5.92 Å². The molecule has 4 heteroatoms. The molecule has 1 rings (SSSR count). The molecule has 0 aliphatic carbocycles. The molecule has 0 aromatic heterocycles. The van der Waals surface area contributed by atoms with E-state index in [9.17, 15) is 9.18 Å². The summed E-state index contributed by atoms with van der Waals surface area (Å²) in [6.07, 6.45) is 1.18. The zero-order valence-corrected chi connectivity index (χ0v) is 9.86. The van der Waals surface area contributed by atoms with Crippen LogP contribution in [0.15, 0.2) is 24.3 Å². The lowest BCUT2D eigenvalue weighted by Crippen LogP contribution is -2.12. The highest BCUT2D eigenvalue weighted by Crippen LogP contribution is 2.22. The molecule has 0 aliphatic rings. The Balaban J connectivity index is 2.59. The van der Waals surface area contributed by atoms with E-state index >= 15 is 0 Å². The van der Waals surface area contributed by atoms with E-state index in [1.807, 2.05) is 6.92 Å². The van der Waals surface area contributed by atoms with Gasteiger partial charge in [-0.15, -0.1) is 0 Å². The second-order valence-electron chi connectivity index (χ2n) is 3.78. The minimum Gasteiger partial charge on any atom is -0.481 e. The van der Waals surface area contributed by atoms with Crippen molar-refractivity contribution in [3.05, 3.63) is 35.6 Å². The topological polar surface area (TPSA) is 46.5 Å². The molecule has 1 N–H and O–H groups in total. The number of carbonyl (C=O) groups is 1. The van der Waals surface area contributed by atoms with Crippen molar-refractivity contribution in [3.8, 4) is 0 Å². The van der Waals surface area contributed by atoms with Crippen LogP contribution in [0, 0.1) is 5.82 Å². The maximum atomic E-state index is 12.7. The molecule has 3 nitrogen and oxygen atoms in total. The number of carboxylic acids is 1. The van der Waals surface area contributed by atoms with Crippen molar-refractivity contribution in [1.29, 1.82) is 0 Å². The third kappa shape index (κ3) is 4.53. The molecule has 1 atom stereocenters. The Morgan fingerprint density at radius 1 is 1.41 bits per heavy atom. The van der Waals surface area contributed by atoms with Gasteiger partial charge in [0, 0.05) is 13.2 Å². The summed E-state index contributed by atoms with van der Waals surface area (Å²) in [6.45, 7) is 3.09. The summed E-state index contributed by atoms with van der Waals surface area (Å²) in [5.41, 5.74) is 0.635. The zero-order valence-electron chi connectivity index (χ0n) is 9.86. The van der Waals surface area contributed by atoms with Crippen LogP contribution in [-0.4, -0.2) is 24.3 Å². The molecular weight excluding hydrogens is 223 g/mol. The predicted octanol–water partition coefficient (Wildman–Crippen LogP) is 2.81. The SMILES string of the molecule is CCOCCCC(C(=O)O)c1ccc(F)cc1. The normalized spacial score (nSPS) is 12.4. The van der Waals surface area contributed by atoms with Gasteiger partial charge in [-0.3, -0.25) is 4.79 Å². The lowest BCUT2D eigenvalue weighted by atomic mass is 9.94. The molecule has 94 valence electrons. The van der Waals surface area contributed by atoms with Crippen LogP contribution in [0.4, 0.5) is 4.39 Å². The van der Waals surface area contributed by atoms with Gasteiger partial charge in [0.2, 0.25) is 0 Å². The van der Waals surface area contributed by atoms with E-state index in [2.05, 4.69) is 0 Å². The lowest BCUT2D eigenvalue weighted by molar-refractivity contribution is -0.139. The monoisotopic (exact) mass is 240 g/mol. The third-order valence-electron chi connectivity index (χ3n) is 2.56. The van der Waals surface area contributed by atoms with Crippen LogP contribution in [0.2, 0.25) is 0 Å². The Kier molecular flexibility index (Phi) is 5.63. The van der Waals surface area contributed by atoms with Gasteiger partial charge < -0.3 is 9.84 Å². The van der Waals surface area contributed by atoms with Gasteiger partial charge in [0.25, 0.3) is 0 Å². The smallest absolute Gasteiger partial charge is 0.310 e. The molecule has 1 aromatic rings. The van der Waals surface area contributed by atoms with E-state index < -0.39 is 11.9 Å². The fraction of sp³-hybridized carbons (Fsp3) is 0.462. The van der Waals surface area contributed by atoms with Gasteiger partial charge in [-0.25, -0.2) is 4.39 Å². The Labute approximate surface area is 100 Å². The highest BCUT2D eigenvalue weighted by Gasteiger charge is 2.19. The number of rotatable bonds is 7. The van der Waals surface area contributed by atoms with E-state index in [0.717, 1.165) is 0 Å². The van der Waals surface area contributed by atoms with E-state index in [4.69, 9.17) is 9.84 Å². The number of halogens is 1. The van der Waals surface area contributed by atoms with E-state index in [0.29, 0.717) is 31.6 Å². The first kappa shape index (κ1) is 13.6. The molecular formula is C13H17FO3. The fourth-order valence-corrected chi connectivity index (χ4v) is 1.66. The Hall–Kier alpha value is -1.42. The molecule has 0 amide bonds. The van der Waals surface area contributed by atoms with Crippen molar-refractivity contribution in [2.45, 2.75) is 25.7 Å². The van der Waals surface area contributed by atoms with Crippen molar-refractivity contribution >= 4 is 5.97 Å². The lowest BCUT2D eigenvalue weighted by Gasteiger charge is -2.12. The minimum absolute atomic E-state index is 0.354. The molecule has 0 fully saturated rings. The first-order valence-corrected chi connectivity index (χ1v) is 5.71. The second-order valence-corrected chi connectivity index (χ2v) is 3.78. The zero-order chi connectivity index (χ0) is 12.7. The van der Waals surface area contributed by atoms with Gasteiger partial charge in [0.15, 0.2) is 0 Å². The number of hydrogen-bond acceptors (Lipinski definition) is 2. The summed E-state index contributed by atoms with van der Waals surface area (Å²) in [7, 11) is 0. The Morgan fingerprint density at radius 2 is 2.06 bits per heavy atom. The average Bonchev–Trinajstić information content (AvgIpc) is 2.30. The number of carboxylic acid groups (broad SMARTS) is 1. The number of ether oxygens (including phenoxy) is 1. The Morgan fingerprint density at radius 3 is 2.59 bits per heavy atom. The summed E-state index contributed by atoms with van der Waals surface area (Å²) in [6, 6.07) is 5.62. The summed E-state index contributed by atoms with van der Waals surface area (Å²) < 4.78 is 17.9. The first-order chi connectivity index (χ1) is 8.15. The maximum absolute atomic E-state index is 12.7. The average molecular weight is 240 g/mol. The highest BCUT2D eigenvalue weighted by molar-refractivity contribution is 5.75. The van der Waals surface area contributed by atoms with Crippen LogP contribution >= 0.6 is 0 Å². The highest BCUT2D eigenvalue weighted by atomic mass is 19.1. The van der Waals surface area contributed by atoms with Gasteiger partial charge in [-0.2, -0.15) is 0 Å². The summed E-state index contributed by atoms with van der Waals surface area (Å²) >= 11 is 0. The number of hydrogen-bond donors (Lipinski definition) is 1. The van der Waals surface area contributed by atoms with Crippen molar-refractivity contribution in [3.63, 3.8) is 0 Å². The van der Waals surface area contributed by atoms with E-state index in [-0.39, 0.29) is 5.82 Å². The summed E-state index contributed by atoms with van der Waals surface area (Å²) in [5.74, 6) is -1.82. The van der Waals surface area contributed by atoms with Gasteiger partial charge in [-0.05, 0) is 37.5 Å². The van der Waals surface area contributed by atoms with Crippen LogP contribution in [0.25, 0.3) is 0 Å². The largest absolute Gasteiger partial charge is 0.481 e. The Bertz CT molecular complexity index is 348. The van der Waals surface area contributed by atoms with Gasteiger partial charge in [0.1, 0.15) is 5.82 Å². The molecule has 0 spiro atoms. The third-order valence-corrected chi connectivity index (χ3v) is 2.56. The summed E-state index contributed by atoms with van der Waals surface area (Å²) in [5, 5.41) is 9.12. The first-order valence-electron chi connectivity index (χ1n) is 5.71. The number of aliphatic carboxylic acids is 1. The molecule has 0 heterocycles. The molecule has 17 heavy (non-hydrogen) atoms. The van der Waals surface area contributed by atoms with Gasteiger partial charge >= 0.3 is 5.97 Å². The van der Waals surface area contributed by atoms with Crippen molar-refractivity contribution < 1.29 is 19.0 Å². The van der Waals surface area contributed by atoms with Crippen LogP contribution in [0.3, 0.4) is 0 Å². The van der Waals surface area contributed by atoms with E-state index in [1.54, 1.807) is 0 Å². The molecule has 1 aromatic carbocycles. The van der Waals surface area contributed by atoms with Crippen molar-refractivity contribution in [2.75, 3.05) is 13.2 Å².